The van der Waals surface area contributed by atoms with Crippen molar-refractivity contribution in [3.63, 3.8) is 0 Å². The van der Waals surface area contributed by atoms with Gasteiger partial charge in [0.1, 0.15) is 0 Å². The molecule has 0 aromatic rings. The molecule has 3 nitrogen and oxygen atoms in total. The molecule has 0 aromatic carbocycles. The van der Waals surface area contributed by atoms with Gasteiger partial charge in [0, 0.05) is 26.2 Å². The Morgan fingerprint density at radius 3 is 2.68 bits per heavy atom. The molecule has 1 saturated heterocycles. The second-order valence-electron chi connectivity index (χ2n) is 7.19. The molecule has 112 valence electrons. The van der Waals surface area contributed by atoms with Gasteiger partial charge < -0.3 is 15.0 Å². The van der Waals surface area contributed by atoms with Gasteiger partial charge in [-0.25, -0.2) is 0 Å². The van der Waals surface area contributed by atoms with Crippen LogP contribution in [0.15, 0.2) is 0 Å². The first-order valence-corrected chi connectivity index (χ1v) is 8.10. The van der Waals surface area contributed by atoms with E-state index in [1.165, 1.54) is 38.6 Å². The molecule has 2 aliphatic rings. The van der Waals surface area contributed by atoms with Crippen LogP contribution in [-0.2, 0) is 4.74 Å². The smallest absolute Gasteiger partial charge is 0.0826 e. The summed E-state index contributed by atoms with van der Waals surface area (Å²) < 4.78 is 5.82. The molecule has 0 bridgehead atoms. The number of nitrogens with zero attached hydrogens (tertiary/aromatic N) is 1. The average Bonchev–Trinajstić information content (AvgIpc) is 2.77. The summed E-state index contributed by atoms with van der Waals surface area (Å²) in [7, 11) is 2.19. The summed E-state index contributed by atoms with van der Waals surface area (Å²) in [4.78, 5) is 2.37. The number of hydrogen-bond acceptors (Lipinski definition) is 3. The first-order chi connectivity index (χ1) is 9.10. The van der Waals surface area contributed by atoms with Crippen LogP contribution in [0.25, 0.3) is 0 Å². The fourth-order valence-corrected chi connectivity index (χ4v) is 3.93. The van der Waals surface area contributed by atoms with Gasteiger partial charge in [-0.1, -0.05) is 26.7 Å². The number of rotatable bonds is 6. The van der Waals surface area contributed by atoms with Crippen LogP contribution in [0, 0.1) is 11.3 Å². The molecule has 1 N–H and O–H groups in total. The SMILES string of the molecule is CC(C)CC1(CNCC2CN(C)CCO2)CCCC1. The Morgan fingerprint density at radius 2 is 2.05 bits per heavy atom. The van der Waals surface area contributed by atoms with Crippen molar-refractivity contribution in [1.29, 1.82) is 0 Å². The molecule has 0 amide bonds. The van der Waals surface area contributed by atoms with E-state index in [0.29, 0.717) is 11.5 Å². The molecule has 1 heterocycles. The summed E-state index contributed by atoms with van der Waals surface area (Å²) in [5.41, 5.74) is 0.578. The Bertz CT molecular complexity index is 261. The van der Waals surface area contributed by atoms with E-state index in [0.717, 1.165) is 32.2 Å². The molecular formula is C16H32N2O. The molecule has 1 aliphatic carbocycles. The number of hydrogen-bond donors (Lipinski definition) is 1. The molecular weight excluding hydrogens is 236 g/mol. The Kier molecular flexibility index (Phi) is 5.67. The van der Waals surface area contributed by atoms with Crippen LogP contribution in [-0.4, -0.2) is 50.8 Å². The summed E-state index contributed by atoms with van der Waals surface area (Å²) in [5.74, 6) is 0.817. The third kappa shape index (κ3) is 4.73. The van der Waals surface area contributed by atoms with Gasteiger partial charge >= 0.3 is 0 Å². The van der Waals surface area contributed by atoms with Crippen LogP contribution >= 0.6 is 0 Å². The van der Waals surface area contributed by atoms with Crippen LogP contribution in [0.3, 0.4) is 0 Å². The lowest BCUT2D eigenvalue weighted by Crippen LogP contribution is -2.46. The minimum Gasteiger partial charge on any atom is -0.374 e. The van der Waals surface area contributed by atoms with E-state index < -0.39 is 0 Å². The van der Waals surface area contributed by atoms with Crippen LogP contribution in [0.2, 0.25) is 0 Å². The quantitative estimate of drug-likeness (QED) is 0.801. The second-order valence-corrected chi connectivity index (χ2v) is 7.19. The van der Waals surface area contributed by atoms with Crippen molar-refractivity contribution in [3.8, 4) is 0 Å². The zero-order valence-electron chi connectivity index (χ0n) is 13.1. The highest BCUT2D eigenvalue weighted by Gasteiger charge is 2.34. The highest BCUT2D eigenvalue weighted by molar-refractivity contribution is 4.88. The zero-order chi connectivity index (χ0) is 13.7. The lowest BCUT2D eigenvalue weighted by Gasteiger charge is -2.34. The van der Waals surface area contributed by atoms with E-state index in [1.54, 1.807) is 0 Å². The van der Waals surface area contributed by atoms with E-state index >= 15 is 0 Å². The fraction of sp³-hybridized carbons (Fsp3) is 1.00. The van der Waals surface area contributed by atoms with Gasteiger partial charge in [-0.15, -0.1) is 0 Å². The Labute approximate surface area is 119 Å². The summed E-state index contributed by atoms with van der Waals surface area (Å²) >= 11 is 0. The van der Waals surface area contributed by atoms with E-state index in [-0.39, 0.29) is 0 Å². The van der Waals surface area contributed by atoms with Gasteiger partial charge in [0.2, 0.25) is 0 Å². The molecule has 3 heteroatoms. The Hall–Kier alpha value is -0.120. The number of ether oxygens (including phenoxy) is 1. The molecule has 19 heavy (non-hydrogen) atoms. The molecule has 0 spiro atoms. The molecule has 1 unspecified atom stereocenters. The molecule has 0 aromatic heterocycles. The molecule has 2 rings (SSSR count). The summed E-state index contributed by atoms with van der Waals surface area (Å²) in [6, 6.07) is 0. The van der Waals surface area contributed by atoms with Crippen molar-refractivity contribution in [3.05, 3.63) is 0 Å². The van der Waals surface area contributed by atoms with Crippen molar-refractivity contribution in [2.75, 3.05) is 39.8 Å². The highest BCUT2D eigenvalue weighted by atomic mass is 16.5. The highest BCUT2D eigenvalue weighted by Crippen LogP contribution is 2.42. The lowest BCUT2D eigenvalue weighted by atomic mass is 9.78. The molecule has 2 fully saturated rings. The second kappa shape index (κ2) is 7.05. The average molecular weight is 268 g/mol. The third-order valence-corrected chi connectivity index (χ3v) is 4.72. The lowest BCUT2D eigenvalue weighted by molar-refractivity contribution is -0.0193. The van der Waals surface area contributed by atoms with Gasteiger partial charge in [0.25, 0.3) is 0 Å². The minimum atomic E-state index is 0.385. The van der Waals surface area contributed by atoms with Gasteiger partial charge in [-0.2, -0.15) is 0 Å². The largest absolute Gasteiger partial charge is 0.374 e. The van der Waals surface area contributed by atoms with Gasteiger partial charge in [-0.05, 0) is 37.6 Å². The van der Waals surface area contributed by atoms with Crippen LogP contribution in [0.1, 0.15) is 46.0 Å². The van der Waals surface area contributed by atoms with Gasteiger partial charge in [-0.3, -0.25) is 0 Å². The molecule has 1 aliphatic heterocycles. The number of likely N-dealkylation sites (N-methyl/N-ethyl adjacent to an activating group) is 1. The van der Waals surface area contributed by atoms with Crippen LogP contribution < -0.4 is 5.32 Å². The summed E-state index contributed by atoms with van der Waals surface area (Å²) in [6.07, 6.45) is 7.46. The van der Waals surface area contributed by atoms with Gasteiger partial charge in [0.15, 0.2) is 0 Å². The van der Waals surface area contributed by atoms with Crippen molar-refractivity contribution >= 4 is 0 Å². The maximum absolute atomic E-state index is 5.82. The van der Waals surface area contributed by atoms with Crippen LogP contribution in [0.4, 0.5) is 0 Å². The normalized spacial score (nSPS) is 28.1. The number of nitrogens with one attached hydrogen (secondary N) is 1. The molecule has 1 saturated carbocycles. The summed E-state index contributed by atoms with van der Waals surface area (Å²) in [6.45, 7) is 9.97. The fourth-order valence-electron chi connectivity index (χ4n) is 3.93. The summed E-state index contributed by atoms with van der Waals surface area (Å²) in [5, 5.41) is 3.71. The predicted molar refractivity (Wildman–Crippen MR) is 80.5 cm³/mol. The van der Waals surface area contributed by atoms with Crippen molar-refractivity contribution < 1.29 is 4.74 Å². The van der Waals surface area contributed by atoms with Crippen LogP contribution in [0.5, 0.6) is 0 Å². The monoisotopic (exact) mass is 268 g/mol. The van der Waals surface area contributed by atoms with Crippen molar-refractivity contribution in [2.45, 2.75) is 52.1 Å². The number of morpholine rings is 1. The maximum atomic E-state index is 5.82. The van der Waals surface area contributed by atoms with E-state index in [2.05, 4.69) is 31.1 Å². The third-order valence-electron chi connectivity index (χ3n) is 4.72. The first kappa shape index (κ1) is 15.3. The van der Waals surface area contributed by atoms with Crippen molar-refractivity contribution in [2.24, 2.45) is 11.3 Å². The maximum Gasteiger partial charge on any atom is 0.0826 e. The first-order valence-electron chi connectivity index (χ1n) is 8.10. The predicted octanol–water partition coefficient (Wildman–Crippen LogP) is 2.51. The van der Waals surface area contributed by atoms with E-state index in [4.69, 9.17) is 4.74 Å². The minimum absolute atomic E-state index is 0.385. The standard InChI is InChI=1S/C16H32N2O/c1-14(2)10-16(6-4-5-7-16)13-17-11-15-12-18(3)8-9-19-15/h14-15,17H,4-13H2,1-3H3. The zero-order valence-corrected chi connectivity index (χ0v) is 13.1. The van der Waals surface area contributed by atoms with E-state index in [9.17, 15) is 0 Å². The van der Waals surface area contributed by atoms with Gasteiger partial charge in [0.05, 0.1) is 12.7 Å². The Morgan fingerprint density at radius 1 is 1.32 bits per heavy atom. The topological polar surface area (TPSA) is 24.5 Å². The van der Waals surface area contributed by atoms with E-state index in [1.807, 2.05) is 0 Å². The Balaban J connectivity index is 1.73. The molecule has 0 radical (unpaired) electrons. The van der Waals surface area contributed by atoms with Crippen molar-refractivity contribution in [1.82, 2.24) is 10.2 Å². The molecule has 1 atom stereocenters.